The molecule has 8 heavy (non-hydrogen) atoms. The molecule has 0 fully saturated rings. The van der Waals surface area contributed by atoms with Crippen LogP contribution in [-0.4, -0.2) is 24.2 Å². The van der Waals surface area contributed by atoms with Gasteiger partial charge in [-0.05, 0) is 13.0 Å². The van der Waals surface area contributed by atoms with Crippen molar-refractivity contribution in [2.24, 2.45) is 0 Å². The predicted octanol–water partition coefficient (Wildman–Crippen LogP) is 1.37. The maximum atomic E-state index is 11.4. The third kappa shape index (κ3) is 6.62. The minimum Gasteiger partial charge on any atom is -0.316 e. The summed E-state index contributed by atoms with van der Waals surface area (Å²) in [6.07, 6.45) is 0.649. The molecule has 0 rings (SSSR count). The first-order valence-corrected chi connectivity index (χ1v) is 4.27. The van der Waals surface area contributed by atoms with E-state index in [1.165, 1.54) is 0 Å². The highest BCUT2D eigenvalue weighted by molar-refractivity contribution is 14.1. The second-order valence-electron chi connectivity index (χ2n) is 1.48. The van der Waals surface area contributed by atoms with Gasteiger partial charge in [0.25, 0.3) is 0 Å². The molecule has 0 saturated carbocycles. The lowest BCUT2D eigenvalue weighted by Crippen LogP contribution is -2.17. The van der Waals surface area contributed by atoms with E-state index in [0.717, 1.165) is 17.5 Å². The van der Waals surface area contributed by atoms with Crippen molar-refractivity contribution in [3.63, 3.8) is 0 Å². The van der Waals surface area contributed by atoms with Gasteiger partial charge in [0.2, 0.25) is 0 Å². The topological polar surface area (TPSA) is 12.0 Å². The zero-order valence-electron chi connectivity index (χ0n) is 4.79. The van der Waals surface area contributed by atoms with Gasteiger partial charge in [-0.3, -0.25) is 4.39 Å². The maximum Gasteiger partial charge on any atom is 0.0906 e. The van der Waals surface area contributed by atoms with E-state index in [4.69, 9.17) is 0 Å². The van der Waals surface area contributed by atoms with Crippen LogP contribution in [0, 0.1) is 0 Å². The average Bonchev–Trinajstić information content (AvgIpc) is 1.81. The van der Waals surface area contributed by atoms with E-state index in [2.05, 4.69) is 27.9 Å². The fourth-order valence-corrected chi connectivity index (χ4v) is 0.765. The van der Waals surface area contributed by atoms with Gasteiger partial charge in [0.1, 0.15) is 0 Å². The van der Waals surface area contributed by atoms with Crippen LogP contribution in [0.4, 0.5) is 4.39 Å². The molecule has 0 spiro atoms. The number of alkyl halides is 2. The van der Waals surface area contributed by atoms with E-state index in [-0.39, 0.29) is 6.67 Å². The lowest BCUT2D eigenvalue weighted by Gasteiger charge is -1.96. The summed E-state index contributed by atoms with van der Waals surface area (Å²) in [6.45, 7) is 1.62. The molecule has 0 saturated heterocycles. The summed E-state index contributed by atoms with van der Waals surface area (Å²) in [7, 11) is 0. The normalized spacial score (nSPS) is 9.75. The monoisotopic (exact) mass is 231 g/mol. The van der Waals surface area contributed by atoms with E-state index in [9.17, 15) is 4.39 Å². The van der Waals surface area contributed by atoms with E-state index < -0.39 is 0 Å². The molecule has 3 heteroatoms. The maximum absolute atomic E-state index is 11.4. The number of hydrogen-bond acceptors (Lipinski definition) is 1. The van der Waals surface area contributed by atoms with E-state index in [1.807, 2.05) is 0 Å². The highest BCUT2D eigenvalue weighted by Gasteiger charge is 1.82. The number of rotatable bonds is 5. The number of hydrogen-bond donors (Lipinski definition) is 1. The summed E-state index contributed by atoms with van der Waals surface area (Å²) in [5.74, 6) is 0. The number of halogens is 2. The summed E-state index contributed by atoms with van der Waals surface area (Å²) in [4.78, 5) is 0. The van der Waals surface area contributed by atoms with Gasteiger partial charge in [0.05, 0.1) is 6.67 Å². The highest BCUT2D eigenvalue weighted by atomic mass is 127. The fraction of sp³-hybridized carbons (Fsp3) is 1.00. The molecule has 0 bridgehead atoms. The third-order valence-electron chi connectivity index (χ3n) is 0.758. The van der Waals surface area contributed by atoms with Crippen molar-refractivity contribution in [2.45, 2.75) is 6.42 Å². The molecule has 0 aliphatic carbocycles. The zero-order chi connectivity index (χ0) is 6.24. The molecule has 0 aromatic heterocycles. The molecular weight excluding hydrogens is 220 g/mol. The SMILES string of the molecule is FCCCNCCI. The third-order valence-corrected chi connectivity index (χ3v) is 1.30. The molecule has 0 aliphatic heterocycles. The van der Waals surface area contributed by atoms with E-state index in [0.29, 0.717) is 6.42 Å². The summed E-state index contributed by atoms with van der Waals surface area (Å²) >= 11 is 2.28. The van der Waals surface area contributed by atoms with Crippen LogP contribution in [0.25, 0.3) is 0 Å². The quantitative estimate of drug-likeness (QED) is 0.428. The summed E-state index contributed by atoms with van der Waals surface area (Å²) in [5, 5.41) is 3.09. The molecule has 0 aromatic carbocycles. The van der Waals surface area contributed by atoms with Crippen molar-refractivity contribution >= 4 is 22.6 Å². The predicted molar refractivity (Wildman–Crippen MR) is 42.3 cm³/mol. The molecule has 1 nitrogen and oxygen atoms in total. The molecule has 0 heterocycles. The minimum absolute atomic E-state index is 0.200. The lowest BCUT2D eigenvalue weighted by molar-refractivity contribution is 0.462. The lowest BCUT2D eigenvalue weighted by atomic mass is 10.5. The van der Waals surface area contributed by atoms with Crippen molar-refractivity contribution in [1.29, 1.82) is 0 Å². The minimum atomic E-state index is -0.200. The van der Waals surface area contributed by atoms with Gasteiger partial charge in [-0.2, -0.15) is 0 Å². The number of nitrogens with one attached hydrogen (secondary N) is 1. The van der Waals surface area contributed by atoms with Gasteiger partial charge in [-0.1, -0.05) is 22.6 Å². The van der Waals surface area contributed by atoms with Gasteiger partial charge >= 0.3 is 0 Å². The van der Waals surface area contributed by atoms with Crippen LogP contribution in [0.3, 0.4) is 0 Å². The Bertz CT molecular complexity index is 37.4. The van der Waals surface area contributed by atoms with Gasteiger partial charge in [0, 0.05) is 11.0 Å². The van der Waals surface area contributed by atoms with Crippen LogP contribution < -0.4 is 5.32 Å². The van der Waals surface area contributed by atoms with E-state index in [1.54, 1.807) is 0 Å². The molecule has 0 aliphatic rings. The standard InChI is InChI=1S/C5H11FIN/c6-2-1-4-8-5-3-7/h8H,1-5H2. The second-order valence-corrected chi connectivity index (χ2v) is 2.56. The van der Waals surface area contributed by atoms with Crippen LogP contribution >= 0.6 is 22.6 Å². The Balaban J connectivity index is 2.53. The first-order valence-electron chi connectivity index (χ1n) is 2.74. The zero-order valence-corrected chi connectivity index (χ0v) is 6.95. The second kappa shape index (κ2) is 7.62. The fourth-order valence-electron chi connectivity index (χ4n) is 0.384. The molecule has 0 amide bonds. The van der Waals surface area contributed by atoms with Crippen molar-refractivity contribution in [3.8, 4) is 0 Å². The molecule has 0 radical (unpaired) electrons. The Morgan fingerprint density at radius 1 is 1.38 bits per heavy atom. The average molecular weight is 231 g/mol. The summed E-state index contributed by atoms with van der Waals surface area (Å²) in [6, 6.07) is 0. The summed E-state index contributed by atoms with van der Waals surface area (Å²) < 4.78 is 12.5. The van der Waals surface area contributed by atoms with E-state index >= 15 is 0 Å². The smallest absolute Gasteiger partial charge is 0.0906 e. The molecule has 50 valence electrons. The van der Waals surface area contributed by atoms with Crippen LogP contribution in [0.2, 0.25) is 0 Å². The van der Waals surface area contributed by atoms with Crippen molar-refractivity contribution < 1.29 is 4.39 Å². The summed E-state index contributed by atoms with van der Waals surface area (Å²) in [5.41, 5.74) is 0. The molecule has 0 atom stereocenters. The molecule has 0 unspecified atom stereocenters. The van der Waals surface area contributed by atoms with Gasteiger partial charge in [-0.15, -0.1) is 0 Å². The molecule has 0 aromatic rings. The highest BCUT2D eigenvalue weighted by Crippen LogP contribution is 1.78. The van der Waals surface area contributed by atoms with Gasteiger partial charge < -0.3 is 5.32 Å². The first kappa shape index (κ1) is 8.62. The van der Waals surface area contributed by atoms with Crippen LogP contribution in [-0.2, 0) is 0 Å². The van der Waals surface area contributed by atoms with Gasteiger partial charge in [0.15, 0.2) is 0 Å². The Hall–Kier alpha value is 0.620. The van der Waals surface area contributed by atoms with Gasteiger partial charge in [-0.25, -0.2) is 0 Å². The Morgan fingerprint density at radius 2 is 2.12 bits per heavy atom. The first-order chi connectivity index (χ1) is 3.91. The molecular formula is C5H11FIN. The Morgan fingerprint density at radius 3 is 2.62 bits per heavy atom. The van der Waals surface area contributed by atoms with Crippen LogP contribution in [0.1, 0.15) is 6.42 Å². The molecule has 1 N–H and O–H groups in total. The van der Waals surface area contributed by atoms with Crippen molar-refractivity contribution in [1.82, 2.24) is 5.32 Å². The Labute approximate surface area is 63.2 Å². The van der Waals surface area contributed by atoms with Crippen molar-refractivity contribution in [2.75, 3.05) is 24.2 Å². The Kier molecular flexibility index (Phi) is 8.21. The van der Waals surface area contributed by atoms with Crippen LogP contribution in [0.15, 0.2) is 0 Å². The van der Waals surface area contributed by atoms with Crippen LogP contribution in [0.5, 0.6) is 0 Å². The van der Waals surface area contributed by atoms with Crippen molar-refractivity contribution in [3.05, 3.63) is 0 Å². The largest absolute Gasteiger partial charge is 0.316 e.